The third-order valence-electron chi connectivity index (χ3n) is 6.33. The third-order valence-corrected chi connectivity index (χ3v) is 6.33. The maximum absolute atomic E-state index is 12.9. The molecular formula is C29H27N5O2. The van der Waals surface area contributed by atoms with Crippen LogP contribution in [0.15, 0.2) is 85.5 Å². The number of fused-ring (bicyclic) bond motifs is 1. The molecule has 0 radical (unpaired) electrons. The summed E-state index contributed by atoms with van der Waals surface area (Å²) < 4.78 is 0. The highest BCUT2D eigenvalue weighted by molar-refractivity contribution is 6.04. The fourth-order valence-corrected chi connectivity index (χ4v) is 4.37. The lowest BCUT2D eigenvalue weighted by Gasteiger charge is -2.25. The number of carbonyl (C=O) groups is 2. The summed E-state index contributed by atoms with van der Waals surface area (Å²) in [5.74, 6) is -0.368. The van der Waals surface area contributed by atoms with Crippen LogP contribution >= 0.6 is 0 Å². The molecule has 7 heteroatoms. The van der Waals surface area contributed by atoms with E-state index < -0.39 is 0 Å². The Hall–Kier alpha value is -4.36. The number of benzene rings is 3. The van der Waals surface area contributed by atoms with Gasteiger partial charge in [0, 0.05) is 54.4 Å². The van der Waals surface area contributed by atoms with Crippen LogP contribution in [0.5, 0.6) is 0 Å². The Bertz CT molecular complexity index is 1400. The normalized spacial score (nSPS) is 13.0. The molecule has 0 atom stereocenters. The third kappa shape index (κ3) is 5.47. The van der Waals surface area contributed by atoms with Gasteiger partial charge >= 0.3 is 0 Å². The number of rotatable bonds is 6. The van der Waals surface area contributed by atoms with Crippen molar-refractivity contribution >= 4 is 17.5 Å². The van der Waals surface area contributed by atoms with E-state index in [9.17, 15) is 9.59 Å². The average molecular weight is 478 g/mol. The Morgan fingerprint density at radius 3 is 2.47 bits per heavy atom. The number of anilines is 1. The monoisotopic (exact) mass is 477 g/mol. The molecule has 0 fully saturated rings. The number of hydrogen-bond donors (Lipinski definition) is 2. The molecule has 4 aromatic rings. The van der Waals surface area contributed by atoms with Crippen LogP contribution in [0, 0.1) is 0 Å². The van der Waals surface area contributed by atoms with E-state index in [1.165, 1.54) is 17.5 Å². The van der Waals surface area contributed by atoms with E-state index in [4.69, 9.17) is 0 Å². The van der Waals surface area contributed by atoms with E-state index in [1.54, 1.807) is 30.6 Å². The minimum absolute atomic E-state index is 0.176. The second-order valence-electron chi connectivity index (χ2n) is 9.02. The van der Waals surface area contributed by atoms with E-state index >= 15 is 0 Å². The molecule has 0 spiro atoms. The van der Waals surface area contributed by atoms with Crippen molar-refractivity contribution in [3.05, 3.63) is 113 Å². The first-order valence-electron chi connectivity index (χ1n) is 11.9. The molecule has 2 heterocycles. The summed E-state index contributed by atoms with van der Waals surface area (Å²) in [7, 11) is 2.10. The lowest BCUT2D eigenvalue weighted by atomic mass is 9.99. The van der Waals surface area contributed by atoms with Gasteiger partial charge in [0.2, 0.25) is 0 Å². The Morgan fingerprint density at radius 1 is 0.861 bits per heavy atom. The van der Waals surface area contributed by atoms with E-state index in [-0.39, 0.29) is 11.8 Å². The maximum atomic E-state index is 12.9. The van der Waals surface area contributed by atoms with Gasteiger partial charge in [0.15, 0.2) is 0 Å². The number of likely N-dealkylation sites (N-methyl/N-ethyl adjacent to an activating group) is 1. The molecule has 0 saturated heterocycles. The van der Waals surface area contributed by atoms with E-state index in [0.29, 0.717) is 17.7 Å². The summed E-state index contributed by atoms with van der Waals surface area (Å²) >= 11 is 0. The quantitative estimate of drug-likeness (QED) is 0.432. The predicted molar refractivity (Wildman–Crippen MR) is 140 cm³/mol. The molecule has 0 bridgehead atoms. The molecule has 3 aromatic carbocycles. The average Bonchev–Trinajstić information content (AvgIpc) is 2.92. The summed E-state index contributed by atoms with van der Waals surface area (Å²) in [6.45, 7) is 2.25. The van der Waals surface area contributed by atoms with Crippen molar-refractivity contribution < 1.29 is 9.59 Å². The highest BCUT2D eigenvalue weighted by Gasteiger charge is 2.15. The zero-order valence-electron chi connectivity index (χ0n) is 20.1. The van der Waals surface area contributed by atoms with Gasteiger partial charge in [-0.1, -0.05) is 30.3 Å². The molecule has 0 aliphatic carbocycles. The molecule has 180 valence electrons. The second-order valence-corrected chi connectivity index (χ2v) is 9.02. The zero-order valence-corrected chi connectivity index (χ0v) is 20.1. The van der Waals surface area contributed by atoms with Crippen LogP contribution in [0.2, 0.25) is 0 Å². The largest absolute Gasteiger partial charge is 0.348 e. The SMILES string of the molecule is CN1CCc2ccc(NC(=O)c3cccc(CNC(=O)c4cccc(-c5cncnc5)c4)c3)cc2C1. The van der Waals surface area contributed by atoms with Crippen LogP contribution < -0.4 is 10.6 Å². The Balaban J connectivity index is 1.22. The predicted octanol–water partition coefficient (Wildman–Crippen LogP) is 4.31. The van der Waals surface area contributed by atoms with Crippen LogP contribution in [0.1, 0.15) is 37.4 Å². The van der Waals surface area contributed by atoms with Crippen molar-refractivity contribution in [2.75, 3.05) is 18.9 Å². The van der Waals surface area contributed by atoms with Crippen molar-refractivity contribution in [2.45, 2.75) is 19.5 Å². The van der Waals surface area contributed by atoms with Gasteiger partial charge in [-0.3, -0.25) is 9.59 Å². The topological polar surface area (TPSA) is 87.2 Å². The fourth-order valence-electron chi connectivity index (χ4n) is 4.37. The second kappa shape index (κ2) is 10.5. The standard InChI is InChI=1S/C29H27N5O2/c1-34-11-10-21-8-9-27(14-25(21)18-34)33-29(36)23-6-2-4-20(12-23)15-32-28(35)24-7-3-5-22(13-24)26-16-30-19-31-17-26/h2-9,12-14,16-17,19H,10-11,15,18H2,1H3,(H,32,35)(H,33,36). The Labute approximate surface area is 210 Å². The molecule has 7 nitrogen and oxygen atoms in total. The van der Waals surface area contributed by atoms with Crippen LogP contribution in [-0.2, 0) is 19.5 Å². The van der Waals surface area contributed by atoms with E-state index in [2.05, 4.69) is 44.7 Å². The van der Waals surface area contributed by atoms with Crippen molar-refractivity contribution in [1.29, 1.82) is 0 Å². The van der Waals surface area contributed by atoms with Gasteiger partial charge in [-0.25, -0.2) is 9.97 Å². The molecule has 36 heavy (non-hydrogen) atoms. The first-order chi connectivity index (χ1) is 17.5. The van der Waals surface area contributed by atoms with Crippen molar-refractivity contribution in [2.24, 2.45) is 0 Å². The lowest BCUT2D eigenvalue weighted by Crippen LogP contribution is -2.26. The summed E-state index contributed by atoms with van der Waals surface area (Å²) in [5, 5.41) is 5.95. The summed E-state index contributed by atoms with van der Waals surface area (Å²) in [6, 6.07) is 20.8. The van der Waals surface area contributed by atoms with Gasteiger partial charge in [-0.2, -0.15) is 0 Å². The van der Waals surface area contributed by atoms with Gasteiger partial charge in [0.1, 0.15) is 6.33 Å². The number of aromatic nitrogens is 2. The van der Waals surface area contributed by atoms with Crippen molar-refractivity contribution in [1.82, 2.24) is 20.2 Å². The van der Waals surface area contributed by atoms with Crippen molar-refractivity contribution in [3.63, 3.8) is 0 Å². The van der Waals surface area contributed by atoms with Gasteiger partial charge in [-0.05, 0) is 72.1 Å². The smallest absolute Gasteiger partial charge is 0.255 e. The number of carbonyl (C=O) groups excluding carboxylic acids is 2. The fraction of sp³-hybridized carbons (Fsp3) is 0.172. The molecule has 0 saturated carbocycles. The van der Waals surface area contributed by atoms with E-state index in [0.717, 1.165) is 41.9 Å². The van der Waals surface area contributed by atoms with Crippen LogP contribution in [0.25, 0.3) is 11.1 Å². The number of hydrogen-bond acceptors (Lipinski definition) is 5. The van der Waals surface area contributed by atoms with Gasteiger partial charge in [-0.15, -0.1) is 0 Å². The van der Waals surface area contributed by atoms with Gasteiger partial charge in [0.05, 0.1) is 0 Å². The molecule has 1 aromatic heterocycles. The Morgan fingerprint density at radius 2 is 1.64 bits per heavy atom. The van der Waals surface area contributed by atoms with E-state index in [1.807, 2.05) is 36.4 Å². The minimum atomic E-state index is -0.192. The Kier molecular flexibility index (Phi) is 6.82. The minimum Gasteiger partial charge on any atom is -0.348 e. The zero-order chi connectivity index (χ0) is 24.9. The molecule has 1 aliphatic heterocycles. The van der Waals surface area contributed by atoms with Gasteiger partial charge < -0.3 is 15.5 Å². The molecule has 2 amide bonds. The number of amides is 2. The number of nitrogens with one attached hydrogen (secondary N) is 2. The summed E-state index contributed by atoms with van der Waals surface area (Å²) in [6.07, 6.45) is 5.92. The number of nitrogens with zero attached hydrogens (tertiary/aromatic N) is 3. The molecule has 0 unspecified atom stereocenters. The molecule has 2 N–H and O–H groups in total. The highest BCUT2D eigenvalue weighted by atomic mass is 16.2. The first-order valence-corrected chi connectivity index (χ1v) is 11.9. The van der Waals surface area contributed by atoms with Crippen LogP contribution in [-0.4, -0.2) is 40.3 Å². The molecule has 1 aliphatic rings. The molecule has 5 rings (SSSR count). The highest BCUT2D eigenvalue weighted by Crippen LogP contribution is 2.23. The van der Waals surface area contributed by atoms with Gasteiger partial charge in [0.25, 0.3) is 11.8 Å². The summed E-state index contributed by atoms with van der Waals surface area (Å²) in [5.41, 5.74) is 7.03. The van der Waals surface area contributed by atoms with Crippen molar-refractivity contribution in [3.8, 4) is 11.1 Å². The first kappa shape index (κ1) is 23.4. The maximum Gasteiger partial charge on any atom is 0.255 e. The molecular weight excluding hydrogens is 450 g/mol. The summed E-state index contributed by atoms with van der Waals surface area (Å²) in [4.78, 5) is 36.0. The van der Waals surface area contributed by atoms with Crippen LogP contribution in [0.4, 0.5) is 5.69 Å². The van der Waals surface area contributed by atoms with Crippen LogP contribution in [0.3, 0.4) is 0 Å². The lowest BCUT2D eigenvalue weighted by molar-refractivity contribution is 0.0950.